The molecule has 1 atom stereocenters. The van der Waals surface area contributed by atoms with Gasteiger partial charge in [-0.3, -0.25) is 9.48 Å². The molecule has 0 aromatic carbocycles. The molecule has 2 aliphatic rings. The minimum atomic E-state index is -0.355. The number of aryl methyl sites for hydroxylation is 2. The maximum atomic E-state index is 13.1. The molecule has 0 saturated carbocycles. The van der Waals surface area contributed by atoms with Crippen molar-refractivity contribution in [3.63, 3.8) is 0 Å². The Labute approximate surface area is 183 Å². The van der Waals surface area contributed by atoms with Crippen molar-refractivity contribution < 1.29 is 18.8 Å². The molecule has 0 radical (unpaired) electrons. The lowest BCUT2D eigenvalue weighted by atomic mass is 9.76. The molecule has 2 aromatic rings. The third kappa shape index (κ3) is 4.82. The van der Waals surface area contributed by atoms with Crippen LogP contribution in [0.4, 0.5) is 0 Å². The summed E-state index contributed by atoms with van der Waals surface area (Å²) in [7, 11) is 1.70. The number of methoxy groups -OCH3 is 1. The molecule has 9 heteroatoms. The van der Waals surface area contributed by atoms with Crippen molar-refractivity contribution in [1.82, 2.24) is 24.8 Å². The predicted molar refractivity (Wildman–Crippen MR) is 113 cm³/mol. The lowest BCUT2D eigenvalue weighted by Gasteiger charge is -2.41. The number of hydrogen-bond acceptors (Lipinski definition) is 7. The maximum absolute atomic E-state index is 13.1. The minimum absolute atomic E-state index is 0.0702. The molecule has 9 nitrogen and oxygen atoms in total. The van der Waals surface area contributed by atoms with Crippen molar-refractivity contribution in [3.05, 3.63) is 29.2 Å². The second kappa shape index (κ2) is 9.48. The van der Waals surface area contributed by atoms with E-state index in [0.717, 1.165) is 63.3 Å². The Bertz CT molecular complexity index is 888. The number of aromatic nitrogens is 4. The van der Waals surface area contributed by atoms with Crippen LogP contribution < -0.4 is 0 Å². The average Bonchev–Trinajstić information content (AvgIpc) is 3.40. The summed E-state index contributed by atoms with van der Waals surface area (Å²) in [5.41, 5.74) is 1.56. The van der Waals surface area contributed by atoms with Gasteiger partial charge in [-0.1, -0.05) is 5.16 Å². The van der Waals surface area contributed by atoms with Gasteiger partial charge in [0, 0.05) is 51.6 Å². The van der Waals surface area contributed by atoms with Crippen LogP contribution in [0.1, 0.15) is 61.1 Å². The smallest absolute Gasteiger partial charge is 0.244 e. The van der Waals surface area contributed by atoms with Gasteiger partial charge in [0.05, 0.1) is 11.1 Å². The van der Waals surface area contributed by atoms with E-state index in [2.05, 4.69) is 10.3 Å². The molecule has 2 aliphatic heterocycles. The fraction of sp³-hybridized carbons (Fsp3) is 0.727. The Balaban J connectivity index is 1.52. The third-order valence-corrected chi connectivity index (χ3v) is 6.59. The number of amides is 1. The number of rotatable bonds is 7. The summed E-state index contributed by atoms with van der Waals surface area (Å²) in [6.45, 7) is 7.51. The lowest BCUT2D eigenvalue weighted by Crippen LogP contribution is -2.50. The van der Waals surface area contributed by atoms with E-state index in [9.17, 15) is 4.79 Å². The Kier molecular flexibility index (Phi) is 6.71. The number of nitrogens with zero attached hydrogens (tertiary/aromatic N) is 5. The summed E-state index contributed by atoms with van der Waals surface area (Å²) in [5, 5.41) is 8.84. The normalized spacial score (nSPS) is 22.7. The van der Waals surface area contributed by atoms with Crippen LogP contribution in [-0.4, -0.2) is 70.7 Å². The van der Waals surface area contributed by atoms with Gasteiger partial charge in [0.2, 0.25) is 11.8 Å². The van der Waals surface area contributed by atoms with Crippen molar-refractivity contribution in [2.24, 2.45) is 0 Å². The molecule has 0 bridgehead atoms. The molecule has 1 unspecified atom stereocenters. The first-order chi connectivity index (χ1) is 15.0. The maximum Gasteiger partial charge on any atom is 0.244 e. The van der Waals surface area contributed by atoms with Crippen molar-refractivity contribution in [3.8, 4) is 0 Å². The number of piperidine rings is 1. The summed E-state index contributed by atoms with van der Waals surface area (Å²) in [6.07, 6.45) is 4.36. The molecular formula is C22H33N5O4. The van der Waals surface area contributed by atoms with E-state index in [-0.39, 0.29) is 23.8 Å². The van der Waals surface area contributed by atoms with Crippen molar-refractivity contribution in [2.45, 2.75) is 63.8 Å². The molecule has 2 saturated heterocycles. The van der Waals surface area contributed by atoms with E-state index in [1.807, 2.05) is 24.8 Å². The van der Waals surface area contributed by atoms with Crippen LogP contribution in [0.5, 0.6) is 0 Å². The highest BCUT2D eigenvalue weighted by Crippen LogP contribution is 2.37. The monoisotopic (exact) mass is 431 g/mol. The Morgan fingerprint density at radius 3 is 2.84 bits per heavy atom. The van der Waals surface area contributed by atoms with Crippen LogP contribution in [0.3, 0.4) is 0 Å². The van der Waals surface area contributed by atoms with Crippen LogP contribution in [0.25, 0.3) is 0 Å². The van der Waals surface area contributed by atoms with E-state index in [1.54, 1.807) is 11.8 Å². The predicted octanol–water partition coefficient (Wildman–Crippen LogP) is 2.37. The van der Waals surface area contributed by atoms with Gasteiger partial charge in [0.1, 0.15) is 6.54 Å². The zero-order valence-corrected chi connectivity index (χ0v) is 18.8. The van der Waals surface area contributed by atoms with Gasteiger partial charge in [0.15, 0.2) is 5.82 Å². The number of carbonyl (C=O) groups excluding carboxylic acids is 1. The van der Waals surface area contributed by atoms with E-state index in [4.69, 9.17) is 19.0 Å². The van der Waals surface area contributed by atoms with E-state index < -0.39 is 0 Å². The van der Waals surface area contributed by atoms with E-state index in [1.165, 1.54) is 0 Å². The zero-order chi connectivity index (χ0) is 21.8. The molecule has 0 aliphatic carbocycles. The fourth-order valence-electron chi connectivity index (χ4n) is 4.76. The topological polar surface area (TPSA) is 95.5 Å². The number of likely N-dealkylation sites (tertiary alicyclic amines) is 1. The Hall–Kier alpha value is -2.26. The zero-order valence-electron chi connectivity index (χ0n) is 18.8. The molecule has 2 fully saturated rings. The average molecular weight is 432 g/mol. The lowest BCUT2D eigenvalue weighted by molar-refractivity contribution is -0.134. The van der Waals surface area contributed by atoms with E-state index in [0.29, 0.717) is 24.9 Å². The first-order valence-corrected chi connectivity index (χ1v) is 11.2. The second-order valence-electron chi connectivity index (χ2n) is 8.87. The second-order valence-corrected chi connectivity index (χ2v) is 8.87. The highest BCUT2D eigenvalue weighted by atomic mass is 16.5. The molecule has 0 spiro atoms. The molecule has 1 amide bonds. The third-order valence-electron chi connectivity index (χ3n) is 6.59. The van der Waals surface area contributed by atoms with Crippen LogP contribution in [-0.2, 0) is 26.2 Å². The standard InChI is InChI=1S/C22H33N5O4/c1-16-13-17(2)27(24-16)14-19(28)26-9-4-7-22(15-26,8-12-29-3)21-23-20(31-25-21)18-5-10-30-11-6-18/h13,18H,4-12,14-15H2,1-3H3. The van der Waals surface area contributed by atoms with E-state index >= 15 is 0 Å². The van der Waals surface area contributed by atoms with Gasteiger partial charge in [-0.25, -0.2) is 0 Å². The van der Waals surface area contributed by atoms with Gasteiger partial charge in [-0.05, 0) is 52.0 Å². The first kappa shape index (κ1) is 22.0. The molecule has 4 heterocycles. The molecule has 2 aromatic heterocycles. The Morgan fingerprint density at radius 2 is 2.13 bits per heavy atom. The largest absolute Gasteiger partial charge is 0.385 e. The SMILES string of the molecule is COCCC1(c2noc(C3CCOCC3)n2)CCCN(C(=O)Cn2nc(C)cc2C)C1. The Morgan fingerprint density at radius 1 is 1.32 bits per heavy atom. The van der Waals surface area contributed by atoms with Crippen molar-refractivity contribution in [2.75, 3.05) is 40.0 Å². The number of carbonyl (C=O) groups is 1. The molecule has 4 rings (SSSR count). The summed E-state index contributed by atoms with van der Waals surface area (Å²) in [4.78, 5) is 19.9. The molecule has 170 valence electrons. The summed E-state index contributed by atoms with van der Waals surface area (Å²) < 4.78 is 18.3. The molecule has 31 heavy (non-hydrogen) atoms. The van der Waals surface area contributed by atoms with Crippen LogP contribution >= 0.6 is 0 Å². The molecule has 0 N–H and O–H groups in total. The van der Waals surface area contributed by atoms with Gasteiger partial charge < -0.3 is 18.9 Å². The van der Waals surface area contributed by atoms with Crippen LogP contribution in [0, 0.1) is 13.8 Å². The number of ether oxygens (including phenoxy) is 2. The van der Waals surface area contributed by atoms with Crippen molar-refractivity contribution >= 4 is 5.91 Å². The van der Waals surface area contributed by atoms with Gasteiger partial charge in [0.25, 0.3) is 0 Å². The first-order valence-electron chi connectivity index (χ1n) is 11.2. The summed E-state index contributed by atoms with van der Waals surface area (Å²) in [5.74, 6) is 1.72. The quantitative estimate of drug-likeness (QED) is 0.664. The number of hydrogen-bond donors (Lipinski definition) is 0. The van der Waals surface area contributed by atoms with Crippen molar-refractivity contribution in [1.29, 1.82) is 0 Å². The van der Waals surface area contributed by atoms with Gasteiger partial charge in [-0.15, -0.1) is 0 Å². The fourth-order valence-corrected chi connectivity index (χ4v) is 4.76. The highest BCUT2D eigenvalue weighted by molar-refractivity contribution is 5.76. The van der Waals surface area contributed by atoms with Gasteiger partial charge in [-0.2, -0.15) is 10.1 Å². The van der Waals surface area contributed by atoms with Gasteiger partial charge >= 0.3 is 0 Å². The van der Waals surface area contributed by atoms with Crippen LogP contribution in [0.15, 0.2) is 10.6 Å². The highest BCUT2D eigenvalue weighted by Gasteiger charge is 2.42. The van der Waals surface area contributed by atoms with Crippen LogP contribution in [0.2, 0.25) is 0 Å². The molecular weight excluding hydrogens is 398 g/mol. The summed E-state index contributed by atoms with van der Waals surface area (Å²) in [6, 6.07) is 1.99. The summed E-state index contributed by atoms with van der Waals surface area (Å²) >= 11 is 0. The minimum Gasteiger partial charge on any atom is -0.385 e.